The van der Waals surface area contributed by atoms with Gasteiger partial charge in [-0.2, -0.15) is 9.41 Å². The summed E-state index contributed by atoms with van der Waals surface area (Å²) in [5.74, 6) is -1.59. The number of benzene rings is 3. The molecule has 3 aromatic rings. The van der Waals surface area contributed by atoms with Gasteiger partial charge in [-0.3, -0.25) is 4.79 Å². The van der Waals surface area contributed by atoms with Crippen LogP contribution in [0.5, 0.6) is 0 Å². The molecule has 0 saturated heterocycles. The smallest absolute Gasteiger partial charge is 0.255 e. The first-order chi connectivity index (χ1) is 14.8. The van der Waals surface area contributed by atoms with Gasteiger partial charge in [0.1, 0.15) is 11.6 Å². The Labute approximate surface area is 178 Å². The molecule has 0 aliphatic rings. The molecule has 3 aromatic carbocycles. The van der Waals surface area contributed by atoms with Crippen LogP contribution >= 0.6 is 0 Å². The van der Waals surface area contributed by atoms with Crippen molar-refractivity contribution in [3.63, 3.8) is 0 Å². The summed E-state index contributed by atoms with van der Waals surface area (Å²) in [7, 11) is -4.01. The fraction of sp³-hybridized carbons (Fsp3) is 0.0909. The number of nitrogens with zero attached hydrogens (tertiary/aromatic N) is 2. The average molecular weight is 443 g/mol. The zero-order chi connectivity index (χ0) is 22.3. The fourth-order valence-corrected chi connectivity index (χ4v) is 4.13. The summed E-state index contributed by atoms with van der Waals surface area (Å²) >= 11 is 0. The first-order valence-electron chi connectivity index (χ1n) is 9.22. The highest BCUT2D eigenvalue weighted by molar-refractivity contribution is 7.89. The minimum Gasteiger partial charge on any atom is -0.272 e. The quantitative estimate of drug-likeness (QED) is 0.429. The molecular formula is C22H19F2N3O3S. The van der Waals surface area contributed by atoms with Crippen molar-refractivity contribution in [2.45, 2.75) is 11.4 Å². The summed E-state index contributed by atoms with van der Waals surface area (Å²) in [4.78, 5) is 12.4. The summed E-state index contributed by atoms with van der Waals surface area (Å²) in [6.45, 7) is -0.659. The maximum absolute atomic E-state index is 13.2. The molecule has 0 aliphatic carbocycles. The van der Waals surface area contributed by atoms with E-state index in [1.165, 1.54) is 60.8 Å². The van der Waals surface area contributed by atoms with Crippen LogP contribution in [0.4, 0.5) is 8.78 Å². The Balaban J connectivity index is 1.77. The molecule has 0 fully saturated rings. The Morgan fingerprint density at radius 2 is 1.65 bits per heavy atom. The van der Waals surface area contributed by atoms with E-state index >= 15 is 0 Å². The first-order valence-corrected chi connectivity index (χ1v) is 10.7. The van der Waals surface area contributed by atoms with Gasteiger partial charge in [0.15, 0.2) is 0 Å². The van der Waals surface area contributed by atoms with Crippen molar-refractivity contribution in [1.29, 1.82) is 0 Å². The molecule has 0 unspecified atom stereocenters. The van der Waals surface area contributed by atoms with Gasteiger partial charge in [-0.1, -0.05) is 42.5 Å². The van der Waals surface area contributed by atoms with Gasteiger partial charge in [0.05, 0.1) is 17.7 Å². The third kappa shape index (κ3) is 6.27. The number of amides is 1. The van der Waals surface area contributed by atoms with E-state index in [0.29, 0.717) is 11.1 Å². The normalized spacial score (nSPS) is 11.7. The van der Waals surface area contributed by atoms with Gasteiger partial charge >= 0.3 is 0 Å². The molecule has 0 saturated carbocycles. The lowest BCUT2D eigenvalue weighted by atomic mass is 10.2. The Hall–Kier alpha value is -3.43. The van der Waals surface area contributed by atoms with Crippen LogP contribution in [0.1, 0.15) is 11.1 Å². The second-order valence-electron chi connectivity index (χ2n) is 6.56. The van der Waals surface area contributed by atoms with E-state index in [9.17, 15) is 22.0 Å². The predicted octanol–water partition coefficient (Wildman–Crippen LogP) is 3.31. The molecule has 160 valence electrons. The Morgan fingerprint density at radius 3 is 2.32 bits per heavy atom. The van der Waals surface area contributed by atoms with Gasteiger partial charge in [-0.05, 0) is 47.5 Å². The number of sulfonamides is 1. The number of rotatable bonds is 8. The first kappa shape index (κ1) is 22.3. The van der Waals surface area contributed by atoms with E-state index in [1.807, 2.05) is 0 Å². The third-order valence-electron chi connectivity index (χ3n) is 4.22. The number of hydrogen-bond donors (Lipinski definition) is 1. The van der Waals surface area contributed by atoms with Crippen molar-refractivity contribution >= 4 is 22.1 Å². The summed E-state index contributed by atoms with van der Waals surface area (Å²) in [5.41, 5.74) is 3.18. The largest absolute Gasteiger partial charge is 0.272 e. The minimum atomic E-state index is -4.01. The van der Waals surface area contributed by atoms with Gasteiger partial charge in [-0.25, -0.2) is 22.6 Å². The van der Waals surface area contributed by atoms with E-state index in [-0.39, 0.29) is 11.4 Å². The van der Waals surface area contributed by atoms with Crippen molar-refractivity contribution in [3.8, 4) is 0 Å². The molecule has 3 rings (SSSR count). The molecule has 0 aromatic heterocycles. The zero-order valence-electron chi connectivity index (χ0n) is 16.3. The van der Waals surface area contributed by atoms with Crippen LogP contribution in [0.15, 0.2) is 88.9 Å². The van der Waals surface area contributed by atoms with Crippen LogP contribution < -0.4 is 5.43 Å². The maximum Gasteiger partial charge on any atom is 0.255 e. The molecule has 0 heterocycles. The van der Waals surface area contributed by atoms with Crippen molar-refractivity contribution in [2.24, 2.45) is 5.10 Å². The molecule has 9 heteroatoms. The fourth-order valence-electron chi connectivity index (χ4n) is 2.72. The molecule has 0 spiro atoms. The molecule has 0 bridgehead atoms. The topological polar surface area (TPSA) is 78.8 Å². The SMILES string of the molecule is O=C(CN(Cc1ccc(F)cc1)S(=O)(=O)c1ccccc1)N/N=C\c1cccc(F)c1. The summed E-state index contributed by atoms with van der Waals surface area (Å²) < 4.78 is 53.5. The van der Waals surface area contributed by atoms with Crippen molar-refractivity contribution in [1.82, 2.24) is 9.73 Å². The number of halogens is 2. The lowest BCUT2D eigenvalue weighted by Crippen LogP contribution is -2.39. The van der Waals surface area contributed by atoms with Crippen molar-refractivity contribution in [3.05, 3.63) is 102 Å². The second-order valence-corrected chi connectivity index (χ2v) is 8.50. The van der Waals surface area contributed by atoms with E-state index in [4.69, 9.17) is 0 Å². The van der Waals surface area contributed by atoms with Crippen LogP contribution in [0, 0.1) is 11.6 Å². The van der Waals surface area contributed by atoms with Crippen LogP contribution in [-0.4, -0.2) is 31.4 Å². The van der Waals surface area contributed by atoms with Gasteiger partial charge in [0, 0.05) is 6.54 Å². The Bertz CT molecular complexity index is 1170. The van der Waals surface area contributed by atoms with Gasteiger partial charge in [-0.15, -0.1) is 0 Å². The average Bonchev–Trinajstić information content (AvgIpc) is 2.75. The number of carbonyl (C=O) groups excluding carboxylic acids is 1. The second kappa shape index (κ2) is 10.1. The summed E-state index contributed by atoms with van der Waals surface area (Å²) in [5, 5.41) is 3.75. The van der Waals surface area contributed by atoms with Gasteiger partial charge in [0.2, 0.25) is 10.0 Å². The highest BCUT2D eigenvalue weighted by atomic mass is 32.2. The number of nitrogens with one attached hydrogen (secondary N) is 1. The molecule has 0 radical (unpaired) electrons. The van der Waals surface area contributed by atoms with Crippen molar-refractivity contribution < 1.29 is 22.0 Å². The molecule has 31 heavy (non-hydrogen) atoms. The number of hydrazone groups is 1. The lowest BCUT2D eigenvalue weighted by Gasteiger charge is -2.21. The Kier molecular flexibility index (Phi) is 7.22. The van der Waals surface area contributed by atoms with Crippen molar-refractivity contribution in [2.75, 3.05) is 6.54 Å². The van der Waals surface area contributed by atoms with Crippen LogP contribution in [0.3, 0.4) is 0 Å². The van der Waals surface area contributed by atoms with Crippen LogP contribution in [0.25, 0.3) is 0 Å². The van der Waals surface area contributed by atoms with Gasteiger partial charge in [0.25, 0.3) is 5.91 Å². The predicted molar refractivity (Wildman–Crippen MR) is 113 cm³/mol. The maximum atomic E-state index is 13.2. The standard InChI is InChI=1S/C22H19F2N3O3S/c23-19-11-9-17(10-12-19)15-27(31(29,30)21-7-2-1-3-8-21)16-22(28)26-25-14-18-5-4-6-20(24)13-18/h1-14H,15-16H2,(H,26,28)/b25-14-. The van der Waals surface area contributed by atoms with E-state index < -0.39 is 34.1 Å². The molecule has 0 aliphatic heterocycles. The highest BCUT2D eigenvalue weighted by Gasteiger charge is 2.26. The van der Waals surface area contributed by atoms with E-state index in [1.54, 1.807) is 24.3 Å². The van der Waals surface area contributed by atoms with E-state index in [2.05, 4.69) is 10.5 Å². The third-order valence-corrected chi connectivity index (χ3v) is 6.03. The molecule has 1 amide bonds. The molecule has 6 nitrogen and oxygen atoms in total. The minimum absolute atomic E-state index is 0.0215. The summed E-state index contributed by atoms with van der Waals surface area (Å²) in [6.07, 6.45) is 1.25. The summed E-state index contributed by atoms with van der Waals surface area (Å²) in [6, 6.07) is 18.6. The molecule has 1 N–H and O–H groups in total. The van der Waals surface area contributed by atoms with Crippen LogP contribution in [-0.2, 0) is 21.4 Å². The van der Waals surface area contributed by atoms with Crippen LogP contribution in [0.2, 0.25) is 0 Å². The highest BCUT2D eigenvalue weighted by Crippen LogP contribution is 2.18. The number of hydrogen-bond acceptors (Lipinski definition) is 4. The number of carbonyl (C=O) groups is 1. The monoisotopic (exact) mass is 443 g/mol. The Morgan fingerprint density at radius 1 is 0.935 bits per heavy atom. The molecule has 0 atom stereocenters. The van der Waals surface area contributed by atoms with Gasteiger partial charge < -0.3 is 0 Å². The molecular weight excluding hydrogens is 424 g/mol. The lowest BCUT2D eigenvalue weighted by molar-refractivity contribution is -0.121. The zero-order valence-corrected chi connectivity index (χ0v) is 17.1. The van der Waals surface area contributed by atoms with E-state index in [0.717, 1.165) is 4.31 Å².